The Hall–Kier alpha value is -0.930. The summed E-state index contributed by atoms with van der Waals surface area (Å²) in [6, 6.07) is 4.08. The van der Waals surface area contributed by atoms with Crippen LogP contribution < -0.4 is 5.73 Å². The van der Waals surface area contributed by atoms with Crippen molar-refractivity contribution in [1.82, 2.24) is 9.88 Å². The van der Waals surface area contributed by atoms with Gasteiger partial charge < -0.3 is 10.6 Å². The van der Waals surface area contributed by atoms with Crippen LogP contribution in [0.4, 0.5) is 0 Å². The molecule has 0 amide bonds. The largest absolute Gasteiger partial charge is 0.330 e. The van der Waals surface area contributed by atoms with Gasteiger partial charge in [-0.3, -0.25) is 4.98 Å². The van der Waals surface area contributed by atoms with Crippen molar-refractivity contribution in [3.8, 4) is 0 Å². The number of rotatable bonds is 6. The molecule has 0 aliphatic heterocycles. The van der Waals surface area contributed by atoms with Crippen LogP contribution in [-0.2, 0) is 6.54 Å². The summed E-state index contributed by atoms with van der Waals surface area (Å²) < 4.78 is 0. The fourth-order valence-corrected chi connectivity index (χ4v) is 1.83. The van der Waals surface area contributed by atoms with Crippen LogP contribution in [-0.4, -0.2) is 30.0 Å². The summed E-state index contributed by atoms with van der Waals surface area (Å²) in [6.07, 6.45) is 4.84. The summed E-state index contributed by atoms with van der Waals surface area (Å²) in [7, 11) is 2.14. The number of aromatic nitrogens is 1. The summed E-state index contributed by atoms with van der Waals surface area (Å²) in [5.74, 6) is 0. The minimum Gasteiger partial charge on any atom is -0.330 e. The molecule has 1 unspecified atom stereocenters. The maximum Gasteiger partial charge on any atom is 0.0312 e. The molecule has 16 heavy (non-hydrogen) atoms. The summed E-state index contributed by atoms with van der Waals surface area (Å²) in [6.45, 7) is 7.14. The number of nitrogens with two attached hydrogens (primary N) is 1. The van der Waals surface area contributed by atoms with E-state index in [1.807, 2.05) is 12.3 Å². The molecule has 2 N–H and O–H groups in total. The Kier molecular flexibility index (Phi) is 4.90. The van der Waals surface area contributed by atoms with E-state index in [-0.39, 0.29) is 5.41 Å². The highest BCUT2D eigenvalue weighted by Crippen LogP contribution is 2.20. The second-order valence-corrected chi connectivity index (χ2v) is 4.90. The standard InChI is InChI=1S/C13H23N3/c1-4-13(2,10-14)11-16(3)9-12-6-5-7-15-8-12/h5-8H,4,9-11,14H2,1-3H3. The molecule has 0 aliphatic carbocycles. The van der Waals surface area contributed by atoms with Crippen molar-refractivity contribution in [2.75, 3.05) is 20.1 Å². The lowest BCUT2D eigenvalue weighted by atomic mass is 9.87. The molecule has 90 valence electrons. The molecule has 1 rings (SSSR count). The molecule has 0 fully saturated rings. The van der Waals surface area contributed by atoms with Crippen LogP contribution in [0.1, 0.15) is 25.8 Å². The van der Waals surface area contributed by atoms with Crippen LogP contribution in [0.5, 0.6) is 0 Å². The number of pyridine rings is 1. The number of hydrogen-bond donors (Lipinski definition) is 1. The highest BCUT2D eigenvalue weighted by atomic mass is 15.1. The monoisotopic (exact) mass is 221 g/mol. The van der Waals surface area contributed by atoms with Gasteiger partial charge in [-0.05, 0) is 37.1 Å². The van der Waals surface area contributed by atoms with Gasteiger partial charge in [0.1, 0.15) is 0 Å². The van der Waals surface area contributed by atoms with Gasteiger partial charge in [-0.25, -0.2) is 0 Å². The highest BCUT2D eigenvalue weighted by molar-refractivity contribution is 5.08. The lowest BCUT2D eigenvalue weighted by Crippen LogP contribution is -2.38. The van der Waals surface area contributed by atoms with E-state index in [0.29, 0.717) is 0 Å². The van der Waals surface area contributed by atoms with E-state index in [2.05, 4.69) is 36.8 Å². The molecule has 0 radical (unpaired) electrons. The van der Waals surface area contributed by atoms with Gasteiger partial charge in [-0.1, -0.05) is 19.9 Å². The van der Waals surface area contributed by atoms with Gasteiger partial charge in [-0.15, -0.1) is 0 Å². The van der Waals surface area contributed by atoms with Crippen LogP contribution >= 0.6 is 0 Å². The van der Waals surface area contributed by atoms with Crippen molar-refractivity contribution in [3.05, 3.63) is 30.1 Å². The molecule has 3 heteroatoms. The Morgan fingerprint density at radius 1 is 1.50 bits per heavy atom. The Bertz CT molecular complexity index is 293. The van der Waals surface area contributed by atoms with Crippen molar-refractivity contribution in [2.45, 2.75) is 26.8 Å². The molecule has 1 heterocycles. The van der Waals surface area contributed by atoms with Crippen molar-refractivity contribution in [3.63, 3.8) is 0 Å². The molecular formula is C13H23N3. The van der Waals surface area contributed by atoms with Crippen molar-refractivity contribution in [1.29, 1.82) is 0 Å². The van der Waals surface area contributed by atoms with E-state index in [9.17, 15) is 0 Å². The first kappa shape index (κ1) is 13.1. The summed E-state index contributed by atoms with van der Waals surface area (Å²) >= 11 is 0. The lowest BCUT2D eigenvalue weighted by Gasteiger charge is -2.31. The third-order valence-corrected chi connectivity index (χ3v) is 3.17. The SMILES string of the molecule is CCC(C)(CN)CN(C)Cc1cccnc1. The topological polar surface area (TPSA) is 42.1 Å². The third kappa shape index (κ3) is 3.91. The van der Waals surface area contributed by atoms with E-state index in [1.165, 1.54) is 5.56 Å². The third-order valence-electron chi connectivity index (χ3n) is 3.17. The maximum atomic E-state index is 5.82. The van der Waals surface area contributed by atoms with Crippen molar-refractivity contribution < 1.29 is 0 Å². The smallest absolute Gasteiger partial charge is 0.0312 e. The van der Waals surface area contributed by atoms with Gasteiger partial charge in [0, 0.05) is 25.5 Å². The maximum absolute atomic E-state index is 5.82. The lowest BCUT2D eigenvalue weighted by molar-refractivity contribution is 0.186. The molecule has 0 bridgehead atoms. The fourth-order valence-electron chi connectivity index (χ4n) is 1.83. The molecule has 0 aromatic carbocycles. The zero-order chi connectivity index (χ0) is 12.0. The van der Waals surface area contributed by atoms with Gasteiger partial charge >= 0.3 is 0 Å². The average molecular weight is 221 g/mol. The fraction of sp³-hybridized carbons (Fsp3) is 0.615. The predicted octanol–water partition coefficient (Wildman–Crippen LogP) is 1.89. The molecule has 1 aromatic rings. The Labute approximate surface area is 98.7 Å². The summed E-state index contributed by atoms with van der Waals surface area (Å²) in [4.78, 5) is 6.44. The molecule has 0 saturated heterocycles. The van der Waals surface area contributed by atoms with Gasteiger partial charge in [0.15, 0.2) is 0 Å². The van der Waals surface area contributed by atoms with Gasteiger partial charge in [0.05, 0.1) is 0 Å². The zero-order valence-corrected chi connectivity index (χ0v) is 10.6. The zero-order valence-electron chi connectivity index (χ0n) is 10.6. The van der Waals surface area contributed by atoms with E-state index in [1.54, 1.807) is 6.20 Å². The van der Waals surface area contributed by atoms with Crippen LogP contribution in [0.25, 0.3) is 0 Å². The minimum absolute atomic E-state index is 0.219. The molecular weight excluding hydrogens is 198 g/mol. The second kappa shape index (κ2) is 5.97. The van der Waals surface area contributed by atoms with Gasteiger partial charge in [0.25, 0.3) is 0 Å². The quantitative estimate of drug-likeness (QED) is 0.797. The van der Waals surface area contributed by atoms with Crippen LogP contribution in [0.3, 0.4) is 0 Å². The molecule has 0 aliphatic rings. The molecule has 3 nitrogen and oxygen atoms in total. The molecule has 1 atom stereocenters. The first-order chi connectivity index (χ1) is 7.59. The van der Waals surface area contributed by atoms with E-state index < -0.39 is 0 Å². The Morgan fingerprint density at radius 2 is 2.25 bits per heavy atom. The van der Waals surface area contributed by atoms with Gasteiger partial charge in [-0.2, -0.15) is 0 Å². The summed E-state index contributed by atoms with van der Waals surface area (Å²) in [5, 5.41) is 0. The second-order valence-electron chi connectivity index (χ2n) is 4.90. The van der Waals surface area contributed by atoms with Crippen LogP contribution in [0, 0.1) is 5.41 Å². The average Bonchev–Trinajstić information content (AvgIpc) is 2.30. The van der Waals surface area contributed by atoms with Crippen molar-refractivity contribution in [2.24, 2.45) is 11.1 Å². The number of nitrogens with zero attached hydrogens (tertiary/aromatic N) is 2. The molecule has 0 saturated carbocycles. The summed E-state index contributed by atoms with van der Waals surface area (Å²) in [5.41, 5.74) is 7.29. The molecule has 0 spiro atoms. The first-order valence-electron chi connectivity index (χ1n) is 5.87. The van der Waals surface area contributed by atoms with Crippen LogP contribution in [0.15, 0.2) is 24.5 Å². The Morgan fingerprint density at radius 3 is 2.75 bits per heavy atom. The molecule has 1 aromatic heterocycles. The van der Waals surface area contributed by atoms with Crippen LogP contribution in [0.2, 0.25) is 0 Å². The normalized spacial score (nSPS) is 15.1. The first-order valence-corrected chi connectivity index (χ1v) is 5.87. The minimum atomic E-state index is 0.219. The predicted molar refractivity (Wildman–Crippen MR) is 68.0 cm³/mol. The Balaban J connectivity index is 2.50. The van der Waals surface area contributed by atoms with Gasteiger partial charge in [0.2, 0.25) is 0 Å². The van der Waals surface area contributed by atoms with E-state index >= 15 is 0 Å². The number of hydrogen-bond acceptors (Lipinski definition) is 3. The highest BCUT2D eigenvalue weighted by Gasteiger charge is 2.21. The van der Waals surface area contributed by atoms with E-state index in [0.717, 1.165) is 26.1 Å². The van der Waals surface area contributed by atoms with E-state index in [4.69, 9.17) is 5.73 Å². The van der Waals surface area contributed by atoms with Crippen molar-refractivity contribution >= 4 is 0 Å².